The van der Waals surface area contributed by atoms with Gasteiger partial charge in [0.15, 0.2) is 0 Å². The number of amides is 1. The Morgan fingerprint density at radius 3 is 2.40 bits per heavy atom. The van der Waals surface area contributed by atoms with Gasteiger partial charge in [-0.15, -0.1) is 0 Å². The van der Waals surface area contributed by atoms with E-state index in [-0.39, 0.29) is 11.9 Å². The molecule has 1 N–H and O–H groups in total. The fraction of sp³-hybridized carbons (Fsp3) is 0.458. The van der Waals surface area contributed by atoms with Crippen molar-refractivity contribution in [1.82, 2.24) is 9.80 Å². The van der Waals surface area contributed by atoms with E-state index in [1.165, 1.54) is 5.56 Å². The van der Waals surface area contributed by atoms with Gasteiger partial charge in [-0.1, -0.05) is 29.8 Å². The van der Waals surface area contributed by atoms with Crippen molar-refractivity contribution in [1.29, 1.82) is 0 Å². The highest BCUT2D eigenvalue weighted by Gasteiger charge is 2.26. The first-order chi connectivity index (χ1) is 14.4. The zero-order valence-electron chi connectivity index (χ0n) is 18.4. The quantitative estimate of drug-likeness (QED) is 0.703. The molecule has 1 saturated heterocycles. The molecule has 30 heavy (non-hydrogen) atoms. The molecule has 0 aliphatic carbocycles. The molecule has 1 amide bonds. The summed E-state index contributed by atoms with van der Waals surface area (Å²) < 4.78 is 5.51. The van der Waals surface area contributed by atoms with E-state index in [4.69, 9.17) is 16.3 Å². The molecule has 2 aromatic carbocycles. The Hall–Kier alpha value is -2.08. The third-order valence-electron chi connectivity index (χ3n) is 5.65. The summed E-state index contributed by atoms with van der Waals surface area (Å²) in [6, 6.07) is 12.0. The second kappa shape index (κ2) is 10.3. The van der Waals surface area contributed by atoms with Gasteiger partial charge in [0.2, 0.25) is 5.91 Å². The third kappa shape index (κ3) is 5.75. The molecule has 0 radical (unpaired) electrons. The van der Waals surface area contributed by atoms with Crippen molar-refractivity contribution in [2.24, 2.45) is 0 Å². The molecule has 1 aliphatic rings. The Kier molecular flexibility index (Phi) is 7.75. The van der Waals surface area contributed by atoms with E-state index in [1.807, 2.05) is 52.0 Å². The van der Waals surface area contributed by atoms with Crippen LogP contribution in [0, 0.1) is 13.8 Å². The smallest absolute Gasteiger partial charge is 0.241 e. The summed E-state index contributed by atoms with van der Waals surface area (Å²) in [7, 11) is 0. The van der Waals surface area contributed by atoms with Crippen LogP contribution in [0.1, 0.15) is 30.5 Å². The van der Waals surface area contributed by atoms with Crippen LogP contribution in [-0.4, -0.2) is 54.5 Å². The third-order valence-corrected chi connectivity index (χ3v) is 5.95. The number of aryl methyl sites for hydroxylation is 2. The monoisotopic (exact) mass is 429 g/mol. The molecular weight excluding hydrogens is 398 g/mol. The molecule has 0 aromatic heterocycles. The van der Waals surface area contributed by atoms with Crippen molar-refractivity contribution >= 4 is 23.2 Å². The second-order valence-corrected chi connectivity index (χ2v) is 8.40. The summed E-state index contributed by atoms with van der Waals surface area (Å²) >= 11 is 6.35. The minimum Gasteiger partial charge on any atom is -0.494 e. The van der Waals surface area contributed by atoms with Crippen LogP contribution in [0.25, 0.3) is 0 Å². The standard InChI is InChI=1S/C24H32ClN3O2/c1-5-30-21-8-6-20(7-9-21)16-27-10-12-28(13-11-27)19(4)24(29)26-23-18(3)14-17(2)15-22(23)25/h6-9,14-15,19H,5,10-13,16H2,1-4H3,(H,26,29). The highest BCUT2D eigenvalue weighted by atomic mass is 35.5. The van der Waals surface area contributed by atoms with Crippen LogP contribution >= 0.6 is 11.6 Å². The van der Waals surface area contributed by atoms with Gasteiger partial charge < -0.3 is 10.1 Å². The number of nitrogens with one attached hydrogen (secondary N) is 1. The molecular formula is C24H32ClN3O2. The lowest BCUT2D eigenvalue weighted by Crippen LogP contribution is -2.52. The molecule has 3 rings (SSSR count). The predicted molar refractivity (Wildman–Crippen MR) is 123 cm³/mol. The lowest BCUT2D eigenvalue weighted by molar-refractivity contribution is -0.121. The molecule has 0 spiro atoms. The molecule has 5 nitrogen and oxygen atoms in total. The lowest BCUT2D eigenvalue weighted by atomic mass is 10.1. The van der Waals surface area contributed by atoms with E-state index in [0.29, 0.717) is 17.3 Å². The minimum atomic E-state index is -0.200. The number of hydrogen-bond donors (Lipinski definition) is 1. The number of carbonyl (C=O) groups excluding carboxylic acids is 1. The Labute approximate surface area is 185 Å². The number of halogens is 1. The maximum Gasteiger partial charge on any atom is 0.241 e. The number of piperazine rings is 1. The average molecular weight is 430 g/mol. The van der Waals surface area contributed by atoms with Crippen molar-refractivity contribution in [3.05, 3.63) is 58.1 Å². The minimum absolute atomic E-state index is 0.0104. The lowest BCUT2D eigenvalue weighted by Gasteiger charge is -2.37. The maximum absolute atomic E-state index is 12.8. The number of ether oxygens (including phenoxy) is 1. The Bertz CT molecular complexity index is 838. The molecule has 1 atom stereocenters. The number of nitrogens with zero attached hydrogens (tertiary/aromatic N) is 2. The summed E-state index contributed by atoms with van der Waals surface area (Å²) in [5.41, 5.74) is 4.07. The molecule has 1 heterocycles. The Morgan fingerprint density at radius 2 is 1.80 bits per heavy atom. The first-order valence-electron chi connectivity index (χ1n) is 10.6. The highest BCUT2D eigenvalue weighted by molar-refractivity contribution is 6.34. The van der Waals surface area contributed by atoms with E-state index in [1.54, 1.807) is 0 Å². The molecule has 0 saturated carbocycles. The summed E-state index contributed by atoms with van der Waals surface area (Å²) in [6.07, 6.45) is 0. The van der Waals surface area contributed by atoms with Gasteiger partial charge in [-0.25, -0.2) is 0 Å². The van der Waals surface area contributed by atoms with Gasteiger partial charge in [0.05, 0.1) is 23.4 Å². The van der Waals surface area contributed by atoms with Gasteiger partial charge in [-0.2, -0.15) is 0 Å². The fourth-order valence-electron chi connectivity index (χ4n) is 3.89. The van der Waals surface area contributed by atoms with E-state index < -0.39 is 0 Å². The van der Waals surface area contributed by atoms with Crippen molar-refractivity contribution in [3.8, 4) is 5.75 Å². The van der Waals surface area contributed by atoms with Gasteiger partial charge in [-0.3, -0.25) is 14.6 Å². The van der Waals surface area contributed by atoms with Crippen LogP contribution in [0.15, 0.2) is 36.4 Å². The maximum atomic E-state index is 12.8. The summed E-state index contributed by atoms with van der Waals surface area (Å²) in [5, 5.41) is 3.62. The van der Waals surface area contributed by atoms with Gasteiger partial charge in [-0.05, 0) is 62.6 Å². The number of anilines is 1. The van der Waals surface area contributed by atoms with E-state index in [0.717, 1.165) is 49.6 Å². The first kappa shape index (κ1) is 22.6. The first-order valence-corrected chi connectivity index (χ1v) is 11.0. The Morgan fingerprint density at radius 1 is 1.13 bits per heavy atom. The molecule has 1 aliphatic heterocycles. The van der Waals surface area contributed by atoms with Gasteiger partial charge in [0.25, 0.3) is 0 Å². The molecule has 2 aromatic rings. The highest BCUT2D eigenvalue weighted by Crippen LogP contribution is 2.27. The van der Waals surface area contributed by atoms with E-state index in [2.05, 4.69) is 27.2 Å². The van der Waals surface area contributed by atoms with Gasteiger partial charge in [0, 0.05) is 32.7 Å². The second-order valence-electron chi connectivity index (χ2n) is 7.99. The molecule has 1 unspecified atom stereocenters. The van der Waals surface area contributed by atoms with Crippen molar-refractivity contribution < 1.29 is 9.53 Å². The van der Waals surface area contributed by atoms with Gasteiger partial charge in [0.1, 0.15) is 5.75 Å². The van der Waals surface area contributed by atoms with Crippen molar-refractivity contribution in [2.45, 2.75) is 40.3 Å². The fourth-order valence-corrected chi connectivity index (χ4v) is 4.26. The molecule has 6 heteroatoms. The van der Waals surface area contributed by atoms with Gasteiger partial charge >= 0.3 is 0 Å². The number of carbonyl (C=O) groups is 1. The largest absolute Gasteiger partial charge is 0.494 e. The van der Waals surface area contributed by atoms with Crippen LogP contribution < -0.4 is 10.1 Å². The summed E-state index contributed by atoms with van der Waals surface area (Å²) in [6.45, 7) is 13.1. The predicted octanol–water partition coefficient (Wildman–Crippen LogP) is 4.50. The molecule has 162 valence electrons. The van der Waals surface area contributed by atoms with Crippen LogP contribution in [0.3, 0.4) is 0 Å². The van der Waals surface area contributed by atoms with Crippen LogP contribution in [0.4, 0.5) is 5.69 Å². The van der Waals surface area contributed by atoms with Crippen LogP contribution in [0.5, 0.6) is 5.75 Å². The summed E-state index contributed by atoms with van der Waals surface area (Å²) in [4.78, 5) is 17.5. The Balaban J connectivity index is 1.51. The summed E-state index contributed by atoms with van der Waals surface area (Å²) in [5.74, 6) is 0.902. The SMILES string of the molecule is CCOc1ccc(CN2CCN(C(C)C(=O)Nc3c(C)cc(C)cc3Cl)CC2)cc1. The molecule has 1 fully saturated rings. The molecule has 0 bridgehead atoms. The average Bonchev–Trinajstić information content (AvgIpc) is 2.72. The van der Waals surface area contributed by atoms with Crippen molar-refractivity contribution in [2.75, 3.05) is 38.1 Å². The zero-order valence-corrected chi connectivity index (χ0v) is 19.1. The normalized spacial score (nSPS) is 16.3. The van der Waals surface area contributed by atoms with E-state index >= 15 is 0 Å². The zero-order chi connectivity index (χ0) is 21.7. The number of hydrogen-bond acceptors (Lipinski definition) is 4. The van der Waals surface area contributed by atoms with E-state index in [9.17, 15) is 4.79 Å². The van der Waals surface area contributed by atoms with Crippen LogP contribution in [-0.2, 0) is 11.3 Å². The van der Waals surface area contributed by atoms with Crippen LogP contribution in [0.2, 0.25) is 5.02 Å². The topological polar surface area (TPSA) is 44.8 Å². The number of rotatable bonds is 7. The number of benzene rings is 2. The van der Waals surface area contributed by atoms with Crippen molar-refractivity contribution in [3.63, 3.8) is 0 Å².